The molecule has 0 saturated carbocycles. The molecule has 0 heterocycles. The van der Waals surface area contributed by atoms with Crippen LogP contribution in [0.2, 0.25) is 0 Å². The summed E-state index contributed by atoms with van der Waals surface area (Å²) < 4.78 is 30.9. The summed E-state index contributed by atoms with van der Waals surface area (Å²) in [5.41, 5.74) is 0.0699. The van der Waals surface area contributed by atoms with E-state index in [2.05, 4.69) is 25.4 Å². The van der Waals surface area contributed by atoms with E-state index in [1.54, 1.807) is 0 Å². The van der Waals surface area contributed by atoms with Crippen molar-refractivity contribution in [1.82, 2.24) is 4.72 Å². The predicted molar refractivity (Wildman–Crippen MR) is 72.9 cm³/mol. The van der Waals surface area contributed by atoms with Crippen LogP contribution in [0.4, 0.5) is 0 Å². The van der Waals surface area contributed by atoms with E-state index in [4.69, 9.17) is 5.11 Å². The third-order valence-electron chi connectivity index (χ3n) is 2.23. The maximum absolute atomic E-state index is 12.0. The van der Waals surface area contributed by atoms with Gasteiger partial charge in [-0.3, -0.25) is 4.79 Å². The Kier molecular flexibility index (Phi) is 5.66. The summed E-state index contributed by atoms with van der Waals surface area (Å²) in [6.07, 6.45) is -0.336. The molecule has 0 spiro atoms. The molecule has 20 heavy (non-hydrogen) atoms. The van der Waals surface area contributed by atoms with Crippen molar-refractivity contribution in [2.75, 3.05) is 13.7 Å². The maximum Gasteiger partial charge on any atom is 0.337 e. The number of carbonyl (C=O) groups excluding carboxylic acids is 1. The Bertz CT molecular complexity index is 628. The molecule has 1 aromatic carbocycles. The van der Waals surface area contributed by atoms with Gasteiger partial charge in [0.2, 0.25) is 10.0 Å². The summed E-state index contributed by atoms with van der Waals surface area (Å²) in [5, 5.41) is 8.47. The van der Waals surface area contributed by atoms with Crippen LogP contribution in [0, 0.1) is 0 Å². The van der Waals surface area contributed by atoms with Crippen molar-refractivity contribution < 1.29 is 27.9 Å². The van der Waals surface area contributed by atoms with Gasteiger partial charge in [-0.15, -0.1) is 0 Å². The van der Waals surface area contributed by atoms with E-state index in [1.165, 1.54) is 19.2 Å². The molecular formula is C11H12BrNO6S. The third kappa shape index (κ3) is 4.58. The molecule has 0 radical (unpaired) electrons. The molecule has 0 aliphatic heterocycles. The lowest BCUT2D eigenvalue weighted by Gasteiger charge is -2.08. The molecule has 0 amide bonds. The first-order valence-corrected chi connectivity index (χ1v) is 7.64. The van der Waals surface area contributed by atoms with Crippen LogP contribution in [0.25, 0.3) is 0 Å². The number of esters is 1. The standard InChI is InChI=1S/C11H12BrNO6S/c1-19-11(16)7-4-8(12)6-9(5-7)20(17,18)13-3-2-10(14)15/h4-6,13H,2-3H2,1H3,(H,14,15). The molecular weight excluding hydrogens is 354 g/mol. The fourth-order valence-corrected chi connectivity index (χ4v) is 3.08. The Labute approximate surface area is 124 Å². The molecule has 0 fully saturated rings. The number of methoxy groups -OCH3 is 1. The minimum absolute atomic E-state index is 0.0699. The lowest BCUT2D eigenvalue weighted by Crippen LogP contribution is -2.26. The maximum atomic E-state index is 12.0. The zero-order valence-electron chi connectivity index (χ0n) is 10.4. The Morgan fingerprint density at radius 3 is 2.55 bits per heavy atom. The highest BCUT2D eigenvalue weighted by Crippen LogP contribution is 2.20. The van der Waals surface area contributed by atoms with Crippen LogP contribution < -0.4 is 4.72 Å². The van der Waals surface area contributed by atoms with E-state index in [0.29, 0.717) is 4.47 Å². The van der Waals surface area contributed by atoms with Crippen molar-refractivity contribution >= 4 is 37.9 Å². The fraction of sp³-hybridized carbons (Fsp3) is 0.273. The summed E-state index contributed by atoms with van der Waals surface area (Å²) in [5.74, 6) is -1.79. The topological polar surface area (TPSA) is 110 Å². The number of halogens is 1. The van der Waals surface area contributed by atoms with Crippen LogP contribution in [0.5, 0.6) is 0 Å². The molecule has 2 N–H and O–H groups in total. The van der Waals surface area contributed by atoms with E-state index in [0.717, 1.165) is 6.07 Å². The van der Waals surface area contributed by atoms with Gasteiger partial charge in [0, 0.05) is 11.0 Å². The predicted octanol–water partition coefficient (Wildman–Crippen LogP) is 0.989. The van der Waals surface area contributed by atoms with Gasteiger partial charge in [-0.2, -0.15) is 0 Å². The van der Waals surface area contributed by atoms with Crippen LogP contribution in [0.1, 0.15) is 16.8 Å². The molecule has 0 aliphatic rings. The molecule has 9 heteroatoms. The molecule has 110 valence electrons. The second kappa shape index (κ2) is 6.82. The summed E-state index contributed by atoms with van der Waals surface area (Å²) in [7, 11) is -2.71. The van der Waals surface area contributed by atoms with Gasteiger partial charge in [-0.05, 0) is 18.2 Å². The van der Waals surface area contributed by atoms with Crippen LogP contribution in [-0.2, 0) is 19.6 Å². The number of sulfonamides is 1. The lowest BCUT2D eigenvalue weighted by atomic mass is 10.2. The highest BCUT2D eigenvalue weighted by molar-refractivity contribution is 9.10. The van der Waals surface area contributed by atoms with Gasteiger partial charge in [0.15, 0.2) is 0 Å². The zero-order chi connectivity index (χ0) is 15.3. The summed E-state index contributed by atoms with van der Waals surface area (Å²) in [6, 6.07) is 3.87. The van der Waals surface area contributed by atoms with E-state index in [9.17, 15) is 18.0 Å². The highest BCUT2D eigenvalue weighted by atomic mass is 79.9. The fourth-order valence-electron chi connectivity index (χ4n) is 1.33. The minimum Gasteiger partial charge on any atom is -0.481 e. The van der Waals surface area contributed by atoms with Crippen molar-refractivity contribution in [1.29, 1.82) is 0 Å². The van der Waals surface area contributed by atoms with Crippen LogP contribution >= 0.6 is 15.9 Å². The number of hydrogen-bond acceptors (Lipinski definition) is 5. The Morgan fingerprint density at radius 2 is 2.00 bits per heavy atom. The van der Waals surface area contributed by atoms with E-state index in [-0.39, 0.29) is 23.4 Å². The second-order valence-corrected chi connectivity index (χ2v) is 6.39. The molecule has 0 atom stereocenters. The molecule has 0 aliphatic carbocycles. The molecule has 0 unspecified atom stereocenters. The summed E-state index contributed by atoms with van der Waals surface area (Å²) in [4.78, 5) is 21.6. The highest BCUT2D eigenvalue weighted by Gasteiger charge is 2.18. The zero-order valence-corrected chi connectivity index (χ0v) is 12.8. The van der Waals surface area contributed by atoms with Crippen LogP contribution in [0.15, 0.2) is 27.6 Å². The Hall–Kier alpha value is -1.45. The number of carboxylic acid groups (broad SMARTS) is 1. The number of carboxylic acids is 1. The number of hydrogen-bond donors (Lipinski definition) is 2. The molecule has 0 aromatic heterocycles. The van der Waals surface area contributed by atoms with Crippen molar-refractivity contribution in [3.05, 3.63) is 28.2 Å². The van der Waals surface area contributed by atoms with Crippen LogP contribution in [-0.4, -0.2) is 39.1 Å². The second-order valence-electron chi connectivity index (χ2n) is 3.71. The monoisotopic (exact) mass is 365 g/mol. The molecule has 1 aromatic rings. The smallest absolute Gasteiger partial charge is 0.337 e. The van der Waals surface area contributed by atoms with Gasteiger partial charge in [0.1, 0.15) is 0 Å². The first-order valence-electron chi connectivity index (χ1n) is 5.36. The van der Waals surface area contributed by atoms with Gasteiger partial charge in [-0.25, -0.2) is 17.9 Å². The molecule has 0 saturated heterocycles. The number of nitrogens with one attached hydrogen (secondary N) is 1. The normalized spacial score (nSPS) is 11.1. The van der Waals surface area contributed by atoms with Crippen molar-refractivity contribution in [2.24, 2.45) is 0 Å². The van der Waals surface area contributed by atoms with Gasteiger partial charge >= 0.3 is 11.9 Å². The average Bonchev–Trinajstić information content (AvgIpc) is 2.36. The van der Waals surface area contributed by atoms with E-state index < -0.39 is 22.0 Å². The van der Waals surface area contributed by atoms with E-state index >= 15 is 0 Å². The number of ether oxygens (including phenoxy) is 1. The number of carbonyl (C=O) groups is 2. The Morgan fingerprint density at radius 1 is 1.35 bits per heavy atom. The first-order chi connectivity index (χ1) is 9.26. The van der Waals surface area contributed by atoms with Gasteiger partial charge in [0.05, 0.1) is 24.0 Å². The van der Waals surface area contributed by atoms with Crippen LogP contribution in [0.3, 0.4) is 0 Å². The van der Waals surface area contributed by atoms with Crippen molar-refractivity contribution in [3.8, 4) is 0 Å². The van der Waals surface area contributed by atoms with Gasteiger partial charge in [-0.1, -0.05) is 15.9 Å². The van der Waals surface area contributed by atoms with Crippen molar-refractivity contribution in [3.63, 3.8) is 0 Å². The molecule has 7 nitrogen and oxygen atoms in total. The first kappa shape index (κ1) is 16.6. The lowest BCUT2D eigenvalue weighted by molar-refractivity contribution is -0.136. The van der Waals surface area contributed by atoms with E-state index in [1.807, 2.05) is 0 Å². The third-order valence-corrected chi connectivity index (χ3v) is 4.13. The number of aliphatic carboxylic acids is 1. The minimum atomic E-state index is -3.89. The Balaban J connectivity index is 3.03. The van der Waals surface area contributed by atoms with Gasteiger partial charge < -0.3 is 9.84 Å². The quantitative estimate of drug-likeness (QED) is 0.727. The largest absolute Gasteiger partial charge is 0.481 e. The number of benzene rings is 1. The van der Waals surface area contributed by atoms with Crippen molar-refractivity contribution in [2.45, 2.75) is 11.3 Å². The van der Waals surface area contributed by atoms with Gasteiger partial charge in [0.25, 0.3) is 0 Å². The molecule has 0 bridgehead atoms. The SMILES string of the molecule is COC(=O)c1cc(Br)cc(S(=O)(=O)NCCC(=O)O)c1. The number of rotatable bonds is 6. The molecule has 1 rings (SSSR count). The average molecular weight is 366 g/mol. The summed E-state index contributed by atoms with van der Waals surface area (Å²) >= 11 is 3.10. The summed E-state index contributed by atoms with van der Waals surface area (Å²) in [6.45, 7) is -0.238.